The SMILES string of the molecule is CC(=O)c1cnn([C@H](C)c2ccc(F)cc2)c1. The van der Waals surface area contributed by atoms with Crippen molar-refractivity contribution in [1.29, 1.82) is 0 Å². The number of Topliss-reactive ketones (excluding diaryl/α,β-unsaturated/α-hetero) is 1. The Morgan fingerprint density at radius 2 is 2.00 bits per heavy atom. The van der Waals surface area contributed by atoms with Crippen molar-refractivity contribution in [2.45, 2.75) is 19.9 Å². The lowest BCUT2D eigenvalue weighted by molar-refractivity contribution is 0.101. The molecule has 0 N–H and O–H groups in total. The number of rotatable bonds is 3. The van der Waals surface area contributed by atoms with Crippen molar-refractivity contribution in [3.63, 3.8) is 0 Å². The van der Waals surface area contributed by atoms with Crippen molar-refractivity contribution < 1.29 is 9.18 Å². The second kappa shape index (κ2) is 4.49. The summed E-state index contributed by atoms with van der Waals surface area (Å²) in [5.74, 6) is -0.270. The fourth-order valence-electron chi connectivity index (χ4n) is 1.63. The Kier molecular flexibility index (Phi) is 3.04. The first kappa shape index (κ1) is 11.5. The first-order valence-electron chi connectivity index (χ1n) is 5.38. The lowest BCUT2D eigenvalue weighted by Gasteiger charge is -2.12. The zero-order valence-corrected chi connectivity index (χ0v) is 9.72. The monoisotopic (exact) mass is 232 g/mol. The van der Waals surface area contributed by atoms with Crippen LogP contribution in [-0.4, -0.2) is 15.6 Å². The Morgan fingerprint density at radius 1 is 1.35 bits per heavy atom. The van der Waals surface area contributed by atoms with E-state index in [2.05, 4.69) is 5.10 Å². The Balaban J connectivity index is 2.27. The van der Waals surface area contributed by atoms with Crippen LogP contribution in [-0.2, 0) is 0 Å². The van der Waals surface area contributed by atoms with E-state index in [1.165, 1.54) is 19.1 Å². The first-order valence-corrected chi connectivity index (χ1v) is 5.38. The average molecular weight is 232 g/mol. The molecule has 0 radical (unpaired) electrons. The van der Waals surface area contributed by atoms with Gasteiger partial charge in [-0.2, -0.15) is 5.10 Å². The maximum atomic E-state index is 12.8. The Morgan fingerprint density at radius 3 is 2.53 bits per heavy atom. The van der Waals surface area contributed by atoms with Gasteiger partial charge in [-0.1, -0.05) is 12.1 Å². The summed E-state index contributed by atoms with van der Waals surface area (Å²) < 4.78 is 14.5. The van der Waals surface area contributed by atoms with Gasteiger partial charge in [0.1, 0.15) is 5.82 Å². The van der Waals surface area contributed by atoms with Crippen molar-refractivity contribution >= 4 is 5.78 Å². The smallest absolute Gasteiger partial charge is 0.162 e. The van der Waals surface area contributed by atoms with Gasteiger partial charge in [-0.3, -0.25) is 9.48 Å². The third kappa shape index (κ3) is 2.41. The molecule has 1 aromatic carbocycles. The van der Waals surface area contributed by atoms with E-state index >= 15 is 0 Å². The van der Waals surface area contributed by atoms with Crippen LogP contribution < -0.4 is 0 Å². The largest absolute Gasteiger partial charge is 0.294 e. The van der Waals surface area contributed by atoms with Gasteiger partial charge in [0.25, 0.3) is 0 Å². The maximum Gasteiger partial charge on any atom is 0.162 e. The summed E-state index contributed by atoms with van der Waals surface area (Å²) in [5, 5.41) is 4.14. The second-order valence-electron chi connectivity index (χ2n) is 3.99. The van der Waals surface area contributed by atoms with Crippen LogP contribution in [0.5, 0.6) is 0 Å². The van der Waals surface area contributed by atoms with E-state index in [4.69, 9.17) is 0 Å². The predicted molar refractivity (Wildman–Crippen MR) is 62.4 cm³/mol. The number of nitrogens with zero attached hydrogens (tertiary/aromatic N) is 2. The molecule has 1 heterocycles. The normalized spacial score (nSPS) is 12.4. The van der Waals surface area contributed by atoms with E-state index in [1.54, 1.807) is 29.2 Å². The van der Waals surface area contributed by atoms with Crippen LogP contribution in [0.25, 0.3) is 0 Å². The zero-order chi connectivity index (χ0) is 12.4. The fraction of sp³-hybridized carbons (Fsp3) is 0.231. The van der Waals surface area contributed by atoms with Crippen LogP contribution >= 0.6 is 0 Å². The molecule has 4 heteroatoms. The van der Waals surface area contributed by atoms with Crippen molar-refractivity contribution in [2.75, 3.05) is 0 Å². The molecule has 17 heavy (non-hydrogen) atoms. The summed E-state index contributed by atoms with van der Waals surface area (Å²) >= 11 is 0. The maximum absolute atomic E-state index is 12.8. The van der Waals surface area contributed by atoms with Gasteiger partial charge >= 0.3 is 0 Å². The molecule has 0 saturated heterocycles. The van der Waals surface area contributed by atoms with E-state index in [9.17, 15) is 9.18 Å². The standard InChI is InChI=1S/C13H13FN2O/c1-9(11-3-5-13(14)6-4-11)16-8-12(7-15-16)10(2)17/h3-9H,1-2H3/t9-/m1/s1. The number of aromatic nitrogens is 2. The number of ketones is 1. The molecule has 2 aromatic rings. The molecule has 0 fully saturated rings. The van der Waals surface area contributed by atoms with E-state index < -0.39 is 0 Å². The van der Waals surface area contributed by atoms with Gasteiger partial charge < -0.3 is 0 Å². The van der Waals surface area contributed by atoms with Crippen LogP contribution in [0.1, 0.15) is 35.8 Å². The van der Waals surface area contributed by atoms with Crippen molar-refractivity contribution in [1.82, 2.24) is 9.78 Å². The predicted octanol–water partition coefficient (Wildman–Crippen LogP) is 2.83. The van der Waals surface area contributed by atoms with Crippen LogP contribution in [0.3, 0.4) is 0 Å². The Hall–Kier alpha value is -1.97. The summed E-state index contributed by atoms with van der Waals surface area (Å²) in [6.07, 6.45) is 3.25. The molecule has 0 saturated carbocycles. The summed E-state index contributed by atoms with van der Waals surface area (Å²) in [6.45, 7) is 3.45. The van der Waals surface area contributed by atoms with Crippen LogP contribution in [0.4, 0.5) is 4.39 Å². The van der Waals surface area contributed by atoms with Crippen molar-refractivity contribution in [2.24, 2.45) is 0 Å². The minimum atomic E-state index is -0.258. The third-order valence-electron chi connectivity index (χ3n) is 2.76. The second-order valence-corrected chi connectivity index (χ2v) is 3.99. The Labute approximate surface area is 98.9 Å². The molecule has 0 amide bonds. The van der Waals surface area contributed by atoms with E-state index in [0.29, 0.717) is 5.56 Å². The Bertz CT molecular complexity index is 531. The zero-order valence-electron chi connectivity index (χ0n) is 9.72. The van der Waals surface area contributed by atoms with E-state index in [-0.39, 0.29) is 17.6 Å². The highest BCUT2D eigenvalue weighted by molar-refractivity contribution is 5.93. The topological polar surface area (TPSA) is 34.9 Å². The number of halogens is 1. The molecule has 0 aliphatic rings. The van der Waals surface area contributed by atoms with Crippen LogP contribution in [0.2, 0.25) is 0 Å². The summed E-state index contributed by atoms with van der Waals surface area (Å²) in [5.41, 5.74) is 1.53. The molecule has 1 aromatic heterocycles. The molecule has 0 aliphatic heterocycles. The molecule has 2 rings (SSSR count). The summed E-state index contributed by atoms with van der Waals surface area (Å²) in [7, 11) is 0. The average Bonchev–Trinajstić information content (AvgIpc) is 2.78. The first-order chi connectivity index (χ1) is 8.08. The van der Waals surface area contributed by atoms with Crippen molar-refractivity contribution in [3.8, 4) is 0 Å². The molecule has 0 bridgehead atoms. The molecular weight excluding hydrogens is 219 g/mol. The number of hydrogen-bond donors (Lipinski definition) is 0. The van der Waals surface area contributed by atoms with Gasteiger partial charge in [0.2, 0.25) is 0 Å². The molecule has 3 nitrogen and oxygen atoms in total. The third-order valence-corrected chi connectivity index (χ3v) is 2.76. The van der Waals surface area contributed by atoms with E-state index in [0.717, 1.165) is 5.56 Å². The lowest BCUT2D eigenvalue weighted by atomic mass is 10.1. The van der Waals surface area contributed by atoms with E-state index in [1.807, 2.05) is 6.92 Å². The molecule has 0 aliphatic carbocycles. The number of hydrogen-bond acceptors (Lipinski definition) is 2. The quantitative estimate of drug-likeness (QED) is 0.763. The van der Waals surface area contributed by atoms with Crippen LogP contribution in [0, 0.1) is 5.82 Å². The van der Waals surface area contributed by atoms with Crippen molar-refractivity contribution in [3.05, 3.63) is 53.6 Å². The van der Waals surface area contributed by atoms with Gasteiger partial charge in [-0.15, -0.1) is 0 Å². The van der Waals surface area contributed by atoms with Gasteiger partial charge in [-0.05, 0) is 31.5 Å². The van der Waals surface area contributed by atoms with Crippen LogP contribution in [0.15, 0.2) is 36.7 Å². The van der Waals surface area contributed by atoms with Gasteiger partial charge in [0.05, 0.1) is 17.8 Å². The summed E-state index contributed by atoms with van der Waals surface area (Å²) in [6, 6.07) is 6.25. The fourth-order valence-corrected chi connectivity index (χ4v) is 1.63. The molecule has 88 valence electrons. The van der Waals surface area contributed by atoms with Gasteiger partial charge in [-0.25, -0.2) is 4.39 Å². The lowest BCUT2D eigenvalue weighted by Crippen LogP contribution is -2.07. The molecule has 0 unspecified atom stereocenters. The minimum Gasteiger partial charge on any atom is -0.294 e. The highest BCUT2D eigenvalue weighted by Gasteiger charge is 2.10. The van der Waals surface area contributed by atoms with Gasteiger partial charge in [0.15, 0.2) is 5.78 Å². The molecular formula is C13H13FN2O. The minimum absolute atomic E-state index is 0.0115. The number of benzene rings is 1. The molecule has 1 atom stereocenters. The highest BCUT2D eigenvalue weighted by Crippen LogP contribution is 2.17. The highest BCUT2D eigenvalue weighted by atomic mass is 19.1. The van der Waals surface area contributed by atoms with Gasteiger partial charge in [0, 0.05) is 6.20 Å². The summed E-state index contributed by atoms with van der Waals surface area (Å²) in [4.78, 5) is 11.2. The molecule has 0 spiro atoms. The number of carbonyl (C=O) groups excluding carboxylic acids is 1. The number of carbonyl (C=O) groups is 1.